The van der Waals surface area contributed by atoms with Crippen molar-refractivity contribution in [2.75, 3.05) is 6.26 Å². The highest BCUT2D eigenvalue weighted by atomic mass is 32.2. The first kappa shape index (κ1) is 19.9. The Morgan fingerprint density at radius 3 is 2.55 bits per heavy atom. The van der Waals surface area contributed by atoms with Crippen molar-refractivity contribution in [3.8, 4) is 17.2 Å². The molecule has 4 aromatic rings. The van der Waals surface area contributed by atoms with Gasteiger partial charge in [-0.1, -0.05) is 42.0 Å². The Kier molecular flexibility index (Phi) is 5.86. The largest absolute Gasteiger partial charge is 0.278 e. The maximum absolute atomic E-state index is 9.68. The summed E-state index contributed by atoms with van der Waals surface area (Å²) in [6, 6.07) is 21.5. The predicted octanol–water partition coefficient (Wildman–Crippen LogP) is 7.83. The number of nitrogens with zero attached hydrogens (tertiary/aromatic N) is 2. The maximum Gasteiger partial charge on any atom is 0.112 e. The molecule has 0 aliphatic carbocycles. The van der Waals surface area contributed by atoms with Gasteiger partial charge in [-0.25, -0.2) is 0 Å². The van der Waals surface area contributed by atoms with Crippen LogP contribution in [0.2, 0.25) is 0 Å². The van der Waals surface area contributed by atoms with Crippen molar-refractivity contribution in [1.29, 1.82) is 5.26 Å². The minimum atomic E-state index is 0.756. The molecule has 0 fully saturated rings. The fourth-order valence-electron chi connectivity index (χ4n) is 3.45. The average Bonchev–Trinajstić information content (AvgIpc) is 3.33. The third kappa shape index (κ3) is 3.64. The number of aryl methyl sites for hydroxylation is 1. The van der Waals surface area contributed by atoms with Gasteiger partial charge in [-0.05, 0) is 61.7 Å². The molecular formula is C24H20N2S3. The lowest BCUT2D eigenvalue weighted by atomic mass is 10.0. The van der Waals surface area contributed by atoms with E-state index in [1.807, 2.05) is 5.38 Å². The molecular weight excluding hydrogens is 412 g/mol. The summed E-state index contributed by atoms with van der Waals surface area (Å²) in [5, 5.41) is 12.9. The molecule has 0 aliphatic heterocycles. The van der Waals surface area contributed by atoms with Gasteiger partial charge in [-0.2, -0.15) is 5.26 Å². The van der Waals surface area contributed by atoms with Crippen LogP contribution in [0.15, 0.2) is 70.9 Å². The number of fused-ring (bicyclic) bond motifs is 1. The van der Waals surface area contributed by atoms with E-state index < -0.39 is 0 Å². The van der Waals surface area contributed by atoms with E-state index >= 15 is 0 Å². The number of rotatable bonds is 5. The smallest absolute Gasteiger partial charge is 0.112 e. The highest BCUT2D eigenvalue weighted by Crippen LogP contribution is 2.46. The number of hydrogen-bond acceptors (Lipinski definition) is 4. The monoisotopic (exact) mass is 432 g/mol. The van der Waals surface area contributed by atoms with Crippen LogP contribution < -0.4 is 0 Å². The van der Waals surface area contributed by atoms with Gasteiger partial charge in [0.25, 0.3) is 0 Å². The summed E-state index contributed by atoms with van der Waals surface area (Å²) in [5.41, 5.74) is 5.72. The molecule has 0 radical (unpaired) electrons. The minimum Gasteiger partial charge on any atom is -0.278 e. The van der Waals surface area contributed by atoms with Gasteiger partial charge in [0, 0.05) is 26.3 Å². The summed E-state index contributed by atoms with van der Waals surface area (Å²) in [5.74, 6) is 0. The second-order valence-electron chi connectivity index (χ2n) is 6.57. The zero-order chi connectivity index (χ0) is 20.4. The summed E-state index contributed by atoms with van der Waals surface area (Å²) < 4.78 is 2.32. The molecule has 5 heteroatoms. The Labute approximate surface area is 184 Å². The maximum atomic E-state index is 9.68. The second-order valence-corrected chi connectivity index (χ2v) is 9.36. The number of hydrogen-bond donors (Lipinski definition) is 0. The molecule has 0 saturated carbocycles. The van der Waals surface area contributed by atoms with Crippen molar-refractivity contribution in [1.82, 2.24) is 3.97 Å². The third-order valence-corrected chi connectivity index (χ3v) is 7.53. The van der Waals surface area contributed by atoms with Crippen molar-refractivity contribution in [2.24, 2.45) is 0 Å². The Bertz CT molecular complexity index is 1240. The SMILES string of the molecule is C/C=C(\SC)c1c(-c2ccsc2C#N)c2ccccc2n1Sc1ccc(C)cc1. The lowest BCUT2D eigenvalue weighted by Crippen LogP contribution is -1.95. The molecule has 0 bridgehead atoms. The predicted molar refractivity (Wildman–Crippen MR) is 130 cm³/mol. The molecule has 2 aromatic heterocycles. The number of nitriles is 1. The van der Waals surface area contributed by atoms with E-state index in [0.717, 1.165) is 27.2 Å². The van der Waals surface area contributed by atoms with Gasteiger partial charge in [-0.15, -0.1) is 23.1 Å². The average molecular weight is 433 g/mol. The molecule has 2 nitrogen and oxygen atoms in total. The topological polar surface area (TPSA) is 28.7 Å². The Hall–Kier alpha value is -2.39. The zero-order valence-corrected chi connectivity index (χ0v) is 18.9. The van der Waals surface area contributed by atoms with Crippen LogP contribution in [0, 0.1) is 18.3 Å². The second kappa shape index (κ2) is 8.54. The van der Waals surface area contributed by atoms with Crippen molar-refractivity contribution in [3.05, 3.63) is 82.2 Å². The summed E-state index contributed by atoms with van der Waals surface area (Å²) in [6.07, 6.45) is 4.27. The van der Waals surface area contributed by atoms with Crippen LogP contribution >= 0.6 is 35.0 Å². The number of allylic oxidation sites excluding steroid dienone is 1. The van der Waals surface area contributed by atoms with Crippen LogP contribution in [0.3, 0.4) is 0 Å². The fraction of sp³-hybridized carbons (Fsp3) is 0.125. The molecule has 29 heavy (non-hydrogen) atoms. The molecule has 0 saturated heterocycles. The fourth-order valence-corrected chi connectivity index (χ4v) is 5.83. The van der Waals surface area contributed by atoms with Crippen molar-refractivity contribution < 1.29 is 0 Å². The van der Waals surface area contributed by atoms with Crippen LogP contribution in [0.5, 0.6) is 0 Å². The Balaban J connectivity index is 2.05. The standard InChI is InChI=1S/C24H20N2S3/c1-4-21(27-3)24-23(19-13-14-28-22(19)15-25)18-7-5-6-8-20(18)26(24)29-17-11-9-16(2)10-12-17/h4-14H,1-3H3/b21-4-. The van der Waals surface area contributed by atoms with Crippen molar-refractivity contribution in [2.45, 2.75) is 18.7 Å². The first-order valence-corrected chi connectivity index (χ1v) is 12.1. The quantitative estimate of drug-likeness (QED) is 0.322. The van der Waals surface area contributed by atoms with E-state index in [9.17, 15) is 5.26 Å². The minimum absolute atomic E-state index is 0.756. The van der Waals surface area contributed by atoms with Gasteiger partial charge < -0.3 is 0 Å². The zero-order valence-electron chi connectivity index (χ0n) is 16.5. The van der Waals surface area contributed by atoms with Gasteiger partial charge in [0.2, 0.25) is 0 Å². The molecule has 0 N–H and O–H groups in total. The molecule has 2 aromatic carbocycles. The normalized spacial score (nSPS) is 11.7. The third-order valence-electron chi connectivity index (χ3n) is 4.80. The summed E-state index contributed by atoms with van der Waals surface area (Å²) in [7, 11) is 0. The molecule has 0 unspecified atom stereocenters. The Morgan fingerprint density at radius 2 is 1.86 bits per heavy atom. The van der Waals surface area contributed by atoms with Crippen LogP contribution in [-0.2, 0) is 0 Å². The van der Waals surface area contributed by atoms with Gasteiger partial charge >= 0.3 is 0 Å². The lowest BCUT2D eigenvalue weighted by molar-refractivity contribution is 1.28. The highest BCUT2D eigenvalue weighted by Gasteiger charge is 2.24. The number of para-hydroxylation sites is 1. The van der Waals surface area contributed by atoms with E-state index in [-0.39, 0.29) is 0 Å². The van der Waals surface area contributed by atoms with Gasteiger partial charge in [0.15, 0.2) is 0 Å². The van der Waals surface area contributed by atoms with Crippen LogP contribution in [0.4, 0.5) is 0 Å². The molecule has 4 rings (SSSR count). The number of thioether (sulfide) groups is 1. The van der Waals surface area contributed by atoms with E-state index in [1.54, 1.807) is 23.7 Å². The summed E-state index contributed by atoms with van der Waals surface area (Å²) in [6.45, 7) is 4.18. The molecule has 144 valence electrons. The molecule has 0 aliphatic rings. The highest BCUT2D eigenvalue weighted by molar-refractivity contribution is 8.07. The molecule has 0 amide bonds. The molecule has 0 atom stereocenters. The van der Waals surface area contributed by atoms with Crippen LogP contribution in [-0.4, -0.2) is 10.2 Å². The summed E-state index contributed by atoms with van der Waals surface area (Å²) >= 11 is 4.96. The van der Waals surface area contributed by atoms with Gasteiger partial charge in [0.1, 0.15) is 10.9 Å². The first-order chi connectivity index (χ1) is 14.2. The van der Waals surface area contributed by atoms with E-state index in [4.69, 9.17) is 0 Å². The lowest BCUT2D eigenvalue weighted by Gasteiger charge is -2.13. The number of benzene rings is 2. The van der Waals surface area contributed by atoms with Crippen LogP contribution in [0.1, 0.15) is 23.1 Å². The number of aromatic nitrogens is 1. The Morgan fingerprint density at radius 1 is 1.10 bits per heavy atom. The van der Waals surface area contributed by atoms with E-state index in [1.165, 1.54) is 32.1 Å². The summed E-state index contributed by atoms with van der Waals surface area (Å²) in [4.78, 5) is 3.14. The van der Waals surface area contributed by atoms with Crippen molar-refractivity contribution in [3.63, 3.8) is 0 Å². The van der Waals surface area contributed by atoms with Crippen molar-refractivity contribution >= 4 is 50.9 Å². The van der Waals surface area contributed by atoms with Gasteiger partial charge in [0.05, 0.1) is 11.2 Å². The first-order valence-electron chi connectivity index (χ1n) is 9.25. The van der Waals surface area contributed by atoms with E-state index in [0.29, 0.717) is 0 Å². The van der Waals surface area contributed by atoms with E-state index in [2.05, 4.69) is 90.8 Å². The molecule has 0 spiro atoms. The van der Waals surface area contributed by atoms with Gasteiger partial charge in [-0.3, -0.25) is 3.97 Å². The van der Waals surface area contributed by atoms with Crippen LogP contribution in [0.25, 0.3) is 26.9 Å². The molecule has 2 heterocycles. The number of thiophene rings is 1.